The normalized spacial score (nSPS) is 16.6. The largest absolute Gasteiger partial charge is 0.495 e. The second-order valence-corrected chi connectivity index (χ2v) is 6.25. The Labute approximate surface area is 152 Å². The average molecular weight is 357 g/mol. The third-order valence-corrected chi connectivity index (χ3v) is 4.43. The van der Waals surface area contributed by atoms with E-state index in [1.165, 1.54) is 0 Å². The molecule has 2 aromatic rings. The molecule has 1 aromatic carbocycles. The number of benzene rings is 1. The highest BCUT2D eigenvalue weighted by Gasteiger charge is 2.33. The molecule has 1 aliphatic heterocycles. The minimum absolute atomic E-state index is 0.0270. The van der Waals surface area contributed by atoms with E-state index < -0.39 is 0 Å². The van der Waals surface area contributed by atoms with Crippen LogP contribution in [0.15, 0.2) is 43.0 Å². The fourth-order valence-electron chi connectivity index (χ4n) is 2.96. The molecule has 1 aliphatic rings. The van der Waals surface area contributed by atoms with Crippen molar-refractivity contribution in [2.24, 2.45) is 0 Å². The standard InChI is InChI=1S/C18H23N5O3/c1-21(9-10-22-8-7-19-13-22)18(25)20-14-11-17(24)23(12-14)15-5-3-4-6-16(15)26-2/h3-8,13-14H,9-12H2,1-2H3,(H,20,25)/t14-/m1/s1. The van der Waals surface area contributed by atoms with Crippen LogP contribution in [-0.4, -0.2) is 59.7 Å². The number of urea groups is 1. The number of hydrogen-bond donors (Lipinski definition) is 1. The van der Waals surface area contributed by atoms with Crippen molar-refractivity contribution in [2.75, 3.05) is 32.1 Å². The maximum atomic E-state index is 12.4. The van der Waals surface area contributed by atoms with Gasteiger partial charge in [-0.3, -0.25) is 4.79 Å². The van der Waals surface area contributed by atoms with Crippen LogP contribution in [0.1, 0.15) is 6.42 Å². The number of nitrogens with zero attached hydrogens (tertiary/aromatic N) is 4. The first kappa shape index (κ1) is 17.8. The number of carbonyl (C=O) groups is 2. The molecule has 3 amide bonds. The molecule has 1 saturated heterocycles. The predicted octanol–water partition coefficient (Wildman–Crippen LogP) is 1.34. The highest BCUT2D eigenvalue weighted by atomic mass is 16.5. The van der Waals surface area contributed by atoms with Gasteiger partial charge in [-0.05, 0) is 12.1 Å². The molecule has 1 N–H and O–H groups in total. The SMILES string of the molecule is COc1ccccc1N1C[C@H](NC(=O)N(C)CCn2ccnc2)CC1=O. The number of methoxy groups -OCH3 is 1. The lowest BCUT2D eigenvalue weighted by atomic mass is 10.2. The summed E-state index contributed by atoms with van der Waals surface area (Å²) in [6.07, 6.45) is 5.55. The van der Waals surface area contributed by atoms with Crippen molar-refractivity contribution in [2.45, 2.75) is 19.0 Å². The average Bonchev–Trinajstić information content (AvgIpc) is 3.29. The van der Waals surface area contributed by atoms with E-state index in [4.69, 9.17) is 4.74 Å². The maximum absolute atomic E-state index is 12.4. The second-order valence-electron chi connectivity index (χ2n) is 6.25. The van der Waals surface area contributed by atoms with Crippen molar-refractivity contribution in [3.05, 3.63) is 43.0 Å². The summed E-state index contributed by atoms with van der Waals surface area (Å²) >= 11 is 0. The molecule has 0 bridgehead atoms. The van der Waals surface area contributed by atoms with E-state index in [0.29, 0.717) is 25.4 Å². The number of nitrogens with one attached hydrogen (secondary N) is 1. The van der Waals surface area contributed by atoms with Gasteiger partial charge in [-0.1, -0.05) is 12.1 Å². The van der Waals surface area contributed by atoms with E-state index in [2.05, 4.69) is 10.3 Å². The fraction of sp³-hybridized carbons (Fsp3) is 0.389. The van der Waals surface area contributed by atoms with E-state index in [9.17, 15) is 9.59 Å². The van der Waals surface area contributed by atoms with Gasteiger partial charge in [0.05, 0.1) is 25.2 Å². The number of likely N-dealkylation sites (N-methyl/N-ethyl adjacent to an activating group) is 1. The number of amides is 3. The van der Waals surface area contributed by atoms with Crippen LogP contribution in [-0.2, 0) is 11.3 Å². The molecule has 1 aromatic heterocycles. The van der Waals surface area contributed by atoms with Gasteiger partial charge in [0.2, 0.25) is 5.91 Å². The maximum Gasteiger partial charge on any atom is 0.317 e. The third kappa shape index (κ3) is 3.96. The zero-order valence-corrected chi connectivity index (χ0v) is 15.0. The number of aromatic nitrogens is 2. The number of hydrogen-bond acceptors (Lipinski definition) is 4. The topological polar surface area (TPSA) is 79.7 Å². The van der Waals surface area contributed by atoms with Gasteiger partial charge < -0.3 is 24.4 Å². The summed E-state index contributed by atoms with van der Waals surface area (Å²) in [6, 6.07) is 6.97. The molecule has 2 heterocycles. The van der Waals surface area contributed by atoms with Crippen molar-refractivity contribution in [1.82, 2.24) is 19.8 Å². The molecule has 26 heavy (non-hydrogen) atoms. The lowest BCUT2D eigenvalue weighted by molar-refractivity contribution is -0.117. The molecule has 8 heteroatoms. The number of ether oxygens (including phenoxy) is 1. The Bertz CT molecular complexity index is 762. The second kappa shape index (κ2) is 7.90. The lowest BCUT2D eigenvalue weighted by Crippen LogP contribution is -2.45. The molecule has 1 atom stereocenters. The zero-order chi connectivity index (χ0) is 18.5. The lowest BCUT2D eigenvalue weighted by Gasteiger charge is -2.22. The molecule has 0 spiro atoms. The molecule has 0 aliphatic carbocycles. The number of imidazole rings is 1. The minimum atomic E-state index is -0.226. The Kier molecular flexibility index (Phi) is 5.40. The highest BCUT2D eigenvalue weighted by molar-refractivity contribution is 5.98. The fourth-order valence-corrected chi connectivity index (χ4v) is 2.96. The van der Waals surface area contributed by atoms with Gasteiger partial charge in [-0.15, -0.1) is 0 Å². The molecule has 8 nitrogen and oxygen atoms in total. The van der Waals surface area contributed by atoms with Crippen LogP contribution in [0.25, 0.3) is 0 Å². The molecule has 3 rings (SSSR count). The highest BCUT2D eigenvalue weighted by Crippen LogP contribution is 2.30. The van der Waals surface area contributed by atoms with Crippen LogP contribution in [0.2, 0.25) is 0 Å². The Hall–Kier alpha value is -3.03. The molecule has 1 fully saturated rings. The van der Waals surface area contributed by atoms with Crippen LogP contribution < -0.4 is 15.0 Å². The quantitative estimate of drug-likeness (QED) is 0.846. The van der Waals surface area contributed by atoms with Crippen molar-refractivity contribution in [3.63, 3.8) is 0 Å². The summed E-state index contributed by atoms with van der Waals surface area (Å²) in [5.74, 6) is 0.617. The molecule has 0 radical (unpaired) electrons. The first-order chi connectivity index (χ1) is 12.6. The van der Waals surface area contributed by atoms with Gasteiger partial charge in [0.25, 0.3) is 0 Å². The predicted molar refractivity (Wildman–Crippen MR) is 97.1 cm³/mol. The van der Waals surface area contributed by atoms with Crippen LogP contribution in [0.3, 0.4) is 0 Å². The van der Waals surface area contributed by atoms with Crippen LogP contribution in [0.4, 0.5) is 10.5 Å². The van der Waals surface area contributed by atoms with Crippen LogP contribution in [0, 0.1) is 0 Å². The van der Waals surface area contributed by atoms with Crippen molar-refractivity contribution >= 4 is 17.6 Å². The minimum Gasteiger partial charge on any atom is -0.495 e. The van der Waals surface area contributed by atoms with Crippen molar-refractivity contribution in [1.29, 1.82) is 0 Å². The van der Waals surface area contributed by atoms with E-state index in [-0.39, 0.29) is 24.4 Å². The van der Waals surface area contributed by atoms with E-state index in [1.54, 1.807) is 36.5 Å². The summed E-state index contributed by atoms with van der Waals surface area (Å²) in [5, 5.41) is 2.94. The summed E-state index contributed by atoms with van der Waals surface area (Å²) in [4.78, 5) is 32.0. The molecular formula is C18H23N5O3. The molecule has 0 unspecified atom stereocenters. The summed E-state index contributed by atoms with van der Waals surface area (Å²) in [7, 11) is 3.31. The monoisotopic (exact) mass is 357 g/mol. The molecule has 138 valence electrons. The van der Waals surface area contributed by atoms with Gasteiger partial charge in [0.15, 0.2) is 0 Å². The van der Waals surface area contributed by atoms with E-state index in [0.717, 1.165) is 5.69 Å². The van der Waals surface area contributed by atoms with Gasteiger partial charge in [0, 0.05) is 45.5 Å². The summed E-state index contributed by atoms with van der Waals surface area (Å²) in [5.41, 5.74) is 0.727. The Balaban J connectivity index is 1.56. The van der Waals surface area contributed by atoms with Crippen LogP contribution >= 0.6 is 0 Å². The first-order valence-electron chi connectivity index (χ1n) is 8.49. The zero-order valence-electron chi connectivity index (χ0n) is 15.0. The Morgan fingerprint density at radius 3 is 2.96 bits per heavy atom. The van der Waals surface area contributed by atoms with Crippen molar-refractivity contribution < 1.29 is 14.3 Å². The van der Waals surface area contributed by atoms with Crippen LogP contribution in [0.5, 0.6) is 5.75 Å². The van der Waals surface area contributed by atoms with E-state index >= 15 is 0 Å². The Morgan fingerprint density at radius 1 is 1.42 bits per heavy atom. The summed E-state index contributed by atoms with van der Waals surface area (Å²) < 4.78 is 7.24. The Morgan fingerprint density at radius 2 is 2.23 bits per heavy atom. The van der Waals surface area contributed by atoms with Gasteiger partial charge in [-0.2, -0.15) is 0 Å². The van der Waals surface area contributed by atoms with Gasteiger partial charge >= 0.3 is 6.03 Å². The summed E-state index contributed by atoms with van der Waals surface area (Å²) in [6.45, 7) is 1.65. The number of para-hydroxylation sites is 2. The van der Waals surface area contributed by atoms with E-state index in [1.807, 2.05) is 35.0 Å². The number of rotatable bonds is 6. The van der Waals surface area contributed by atoms with Crippen molar-refractivity contribution in [3.8, 4) is 5.75 Å². The number of anilines is 1. The number of carbonyl (C=O) groups excluding carboxylic acids is 2. The smallest absolute Gasteiger partial charge is 0.317 e. The van der Waals surface area contributed by atoms with Gasteiger partial charge in [-0.25, -0.2) is 9.78 Å². The molecule has 0 saturated carbocycles. The van der Waals surface area contributed by atoms with Gasteiger partial charge in [0.1, 0.15) is 5.75 Å². The first-order valence-corrected chi connectivity index (χ1v) is 8.49. The third-order valence-electron chi connectivity index (χ3n) is 4.43. The molecular weight excluding hydrogens is 334 g/mol.